The molecule has 3 aromatic rings. The van der Waals surface area contributed by atoms with Crippen LogP contribution in [-0.2, 0) is 17.7 Å². The SMILES string of the molecule is CN1[C]N(Cc2c3ccccc3cc3ccccc23)C=C1.NC1CCCCC1.[I][Pt][I]. The molecule has 0 spiro atoms. The van der Waals surface area contributed by atoms with E-state index in [0.717, 1.165) is 6.54 Å². The van der Waals surface area contributed by atoms with Crippen LogP contribution in [0.1, 0.15) is 37.7 Å². The van der Waals surface area contributed by atoms with Gasteiger partial charge in [-0.1, -0.05) is 67.8 Å². The minimum atomic E-state index is 0.523. The second-order valence-electron chi connectivity index (χ2n) is 7.88. The molecule has 0 amide bonds. The predicted molar refractivity (Wildman–Crippen MR) is 146 cm³/mol. The molecule has 5 rings (SSSR count). The van der Waals surface area contributed by atoms with E-state index in [2.05, 4.69) is 111 Å². The van der Waals surface area contributed by atoms with Gasteiger partial charge < -0.3 is 15.5 Å². The molecule has 31 heavy (non-hydrogen) atoms. The fourth-order valence-electron chi connectivity index (χ4n) is 4.12. The summed E-state index contributed by atoms with van der Waals surface area (Å²) in [5, 5.41) is 5.23. The molecule has 1 saturated carbocycles. The molecule has 2 aliphatic rings. The number of nitrogens with zero attached hydrogens (tertiary/aromatic N) is 2. The van der Waals surface area contributed by atoms with Gasteiger partial charge in [-0.2, -0.15) is 0 Å². The van der Waals surface area contributed by atoms with Gasteiger partial charge in [-0.05, 0) is 46.0 Å². The Morgan fingerprint density at radius 1 is 0.935 bits per heavy atom. The van der Waals surface area contributed by atoms with Crippen LogP contribution in [0.15, 0.2) is 67.0 Å². The van der Waals surface area contributed by atoms with Crippen molar-refractivity contribution in [1.82, 2.24) is 9.80 Å². The van der Waals surface area contributed by atoms with Crippen LogP contribution in [0.3, 0.4) is 0 Å². The maximum atomic E-state index is 5.63. The summed E-state index contributed by atoms with van der Waals surface area (Å²) in [7, 11) is 2.00. The van der Waals surface area contributed by atoms with Crippen LogP contribution < -0.4 is 5.73 Å². The molecule has 0 saturated heterocycles. The van der Waals surface area contributed by atoms with E-state index < -0.39 is 0 Å². The van der Waals surface area contributed by atoms with Crippen molar-refractivity contribution in [2.24, 2.45) is 5.73 Å². The van der Waals surface area contributed by atoms with Gasteiger partial charge in [0.2, 0.25) is 6.67 Å². The van der Waals surface area contributed by atoms with Gasteiger partial charge >= 0.3 is 49.9 Å². The quantitative estimate of drug-likeness (QED) is 0.219. The summed E-state index contributed by atoms with van der Waals surface area (Å²) >= 11 is 5.30. The monoisotopic (exact) mass is 820 g/mol. The number of hydrogen-bond acceptors (Lipinski definition) is 3. The fourth-order valence-corrected chi connectivity index (χ4v) is 4.12. The molecule has 0 atom stereocenters. The Bertz CT molecular complexity index is 935. The third kappa shape index (κ3) is 7.58. The Hall–Kier alpha value is -0.372. The topological polar surface area (TPSA) is 32.5 Å². The molecule has 0 bridgehead atoms. The second kappa shape index (κ2) is 13.4. The molecule has 1 aliphatic heterocycles. The van der Waals surface area contributed by atoms with Gasteiger partial charge in [0.15, 0.2) is 0 Å². The van der Waals surface area contributed by atoms with E-state index in [1.54, 1.807) is 0 Å². The summed E-state index contributed by atoms with van der Waals surface area (Å²) in [6, 6.07) is 20.0. The van der Waals surface area contributed by atoms with Crippen molar-refractivity contribution in [3.05, 3.63) is 79.2 Å². The van der Waals surface area contributed by atoms with Gasteiger partial charge in [-0.25, -0.2) is 0 Å². The summed E-state index contributed by atoms with van der Waals surface area (Å²) in [5.41, 5.74) is 6.99. The fraction of sp³-hybridized carbons (Fsp3) is 0.320. The zero-order valence-corrected chi connectivity index (χ0v) is 24.3. The van der Waals surface area contributed by atoms with Crippen LogP contribution in [0.2, 0.25) is 0 Å². The van der Waals surface area contributed by atoms with Crippen LogP contribution in [0, 0.1) is 6.67 Å². The molecule has 3 nitrogen and oxygen atoms in total. The van der Waals surface area contributed by atoms with Crippen molar-refractivity contribution in [2.45, 2.75) is 44.7 Å². The molecular formula is C25H29I2N3Pt. The van der Waals surface area contributed by atoms with E-state index >= 15 is 0 Å². The van der Waals surface area contributed by atoms with Crippen LogP contribution in [0.5, 0.6) is 0 Å². The number of hydrogen-bond donors (Lipinski definition) is 1. The Labute approximate surface area is 216 Å². The summed E-state index contributed by atoms with van der Waals surface area (Å²) in [5.74, 6) is 0. The molecule has 3 aromatic carbocycles. The minimum absolute atomic E-state index is 0.523. The molecule has 0 unspecified atom stereocenters. The molecule has 1 fully saturated rings. The van der Waals surface area contributed by atoms with Crippen molar-refractivity contribution in [3.8, 4) is 0 Å². The van der Waals surface area contributed by atoms with Crippen molar-refractivity contribution < 1.29 is 11.2 Å². The van der Waals surface area contributed by atoms with Crippen molar-refractivity contribution in [3.63, 3.8) is 0 Å². The van der Waals surface area contributed by atoms with Crippen molar-refractivity contribution in [2.75, 3.05) is 7.05 Å². The molecule has 1 heterocycles. The maximum absolute atomic E-state index is 5.63. The zero-order valence-electron chi connectivity index (χ0n) is 17.7. The number of halogens is 2. The Morgan fingerprint density at radius 2 is 1.48 bits per heavy atom. The van der Waals surface area contributed by atoms with Gasteiger partial charge in [0.05, 0.1) is 0 Å². The third-order valence-corrected chi connectivity index (χ3v) is 5.62. The molecule has 2 radical (unpaired) electrons. The summed E-state index contributed by atoms with van der Waals surface area (Å²) < 4.78 is 0. The van der Waals surface area contributed by atoms with E-state index in [4.69, 9.17) is 5.73 Å². The Balaban J connectivity index is 0.000000228. The molecule has 1 aliphatic carbocycles. The molecule has 2 N–H and O–H groups in total. The number of fused-ring (bicyclic) bond motifs is 2. The van der Waals surface area contributed by atoms with Crippen LogP contribution in [0.25, 0.3) is 21.5 Å². The van der Waals surface area contributed by atoms with Crippen molar-refractivity contribution >= 4 is 60.3 Å². The Kier molecular flexibility index (Phi) is 10.9. The van der Waals surface area contributed by atoms with Crippen molar-refractivity contribution in [1.29, 1.82) is 0 Å². The van der Waals surface area contributed by atoms with E-state index in [1.165, 1.54) is 59.2 Å². The van der Waals surface area contributed by atoms with Crippen LogP contribution >= 0.6 is 38.7 Å². The Morgan fingerprint density at radius 3 is 1.94 bits per heavy atom. The van der Waals surface area contributed by atoms with Gasteiger partial charge in [-0.3, -0.25) is 0 Å². The van der Waals surface area contributed by atoms with E-state index in [-0.39, 0.29) is 0 Å². The van der Waals surface area contributed by atoms with Gasteiger partial charge in [0, 0.05) is 32.0 Å². The molecular weight excluding hydrogens is 791 g/mol. The number of nitrogens with two attached hydrogens (primary N) is 1. The molecule has 6 heteroatoms. The molecule has 0 aromatic heterocycles. The molecule has 168 valence electrons. The first-order valence-corrected chi connectivity index (χ1v) is 23.4. The van der Waals surface area contributed by atoms with Gasteiger partial charge in [0.1, 0.15) is 0 Å². The summed E-state index contributed by atoms with van der Waals surface area (Å²) in [6.45, 7) is 4.12. The van der Waals surface area contributed by atoms with E-state index in [1.807, 2.05) is 18.1 Å². The standard InChI is InChI=1S/C19H16N2.C6H13N.2HI.Pt/c1-20-10-11-21(14-20)13-19-17-8-4-2-6-15(17)12-16-7-3-5-9-18(16)19;7-6-4-2-1-3-5-6;;;/h2-12H,13H2,1H3;6H,1-5,7H2;2*1H;/q;;;;+2/p-2. The number of rotatable bonds is 2. The summed E-state index contributed by atoms with van der Waals surface area (Å²) in [6.07, 6.45) is 10.7. The van der Waals surface area contributed by atoms with Gasteiger partial charge in [-0.15, -0.1) is 0 Å². The average molecular weight is 820 g/mol. The first-order valence-electron chi connectivity index (χ1n) is 10.5. The van der Waals surface area contributed by atoms with Crippen LogP contribution in [0.4, 0.5) is 0 Å². The average Bonchev–Trinajstić information content (AvgIpc) is 3.20. The summed E-state index contributed by atoms with van der Waals surface area (Å²) in [4.78, 5) is 4.06. The zero-order chi connectivity index (χ0) is 22.1. The van der Waals surface area contributed by atoms with Gasteiger partial charge in [0.25, 0.3) is 0 Å². The second-order valence-corrected chi connectivity index (χ2v) is 24.5. The van der Waals surface area contributed by atoms with E-state index in [9.17, 15) is 0 Å². The van der Waals surface area contributed by atoms with E-state index in [0.29, 0.717) is 17.2 Å². The predicted octanol–water partition coefficient (Wildman–Crippen LogP) is 7.25. The first kappa shape index (κ1) is 25.3. The first-order chi connectivity index (χ1) is 15.1. The number of benzene rings is 3. The normalized spacial score (nSPS) is 16.3. The third-order valence-electron chi connectivity index (χ3n) is 5.62. The van der Waals surface area contributed by atoms with Crippen LogP contribution in [-0.4, -0.2) is 22.9 Å².